The topological polar surface area (TPSA) is 40.5 Å². The quantitative estimate of drug-likeness (QED) is 0.748. The number of carboxylic acids is 1. The largest absolute Gasteiger partial charge is 0.478 e. The Bertz CT molecular complexity index is 850. The highest BCUT2D eigenvalue weighted by Gasteiger charge is 2.44. The fraction of sp³-hybridized carbons (Fsp3) is 0.409. The zero-order valence-corrected chi connectivity index (χ0v) is 17.2. The van der Waals surface area contributed by atoms with E-state index >= 15 is 0 Å². The molecule has 2 aromatic carbocycles. The number of aromatic carboxylic acids is 1. The molecule has 3 atom stereocenters. The van der Waals surface area contributed by atoms with Crippen LogP contribution in [0.25, 0.3) is 0 Å². The second-order valence-electron chi connectivity index (χ2n) is 7.59. The predicted octanol–water partition coefficient (Wildman–Crippen LogP) is 5.34. The van der Waals surface area contributed by atoms with Crippen LogP contribution in [-0.4, -0.2) is 35.6 Å². The molecule has 0 radical (unpaired) electrons. The first-order valence-electron chi connectivity index (χ1n) is 9.35. The highest BCUT2D eigenvalue weighted by Crippen LogP contribution is 2.54. The van der Waals surface area contributed by atoms with Crippen LogP contribution in [0.2, 0.25) is 5.02 Å². The summed E-state index contributed by atoms with van der Waals surface area (Å²) < 4.78 is 0. The van der Waals surface area contributed by atoms with Gasteiger partial charge in [0, 0.05) is 23.4 Å². The number of fused-ring (bicyclic) bond motifs is 3. The first-order chi connectivity index (χ1) is 12.5. The second kappa shape index (κ2) is 7.83. The minimum atomic E-state index is -0.875. The summed E-state index contributed by atoms with van der Waals surface area (Å²) in [7, 11) is 0. The van der Waals surface area contributed by atoms with Crippen LogP contribution in [0.3, 0.4) is 0 Å². The molecule has 0 saturated carbocycles. The van der Waals surface area contributed by atoms with Crippen LogP contribution in [0, 0.1) is 12.8 Å². The van der Waals surface area contributed by atoms with Gasteiger partial charge in [0.05, 0.1) is 5.56 Å². The van der Waals surface area contributed by atoms with E-state index in [-0.39, 0.29) is 12.4 Å². The van der Waals surface area contributed by atoms with E-state index in [2.05, 4.69) is 30.9 Å². The molecule has 1 N–H and O–H groups in total. The summed E-state index contributed by atoms with van der Waals surface area (Å²) in [5, 5.41) is 10.0. The molecule has 144 valence electrons. The summed E-state index contributed by atoms with van der Waals surface area (Å²) in [4.78, 5) is 13.7. The summed E-state index contributed by atoms with van der Waals surface area (Å²) in [5.41, 5.74) is 5.44. The molecule has 1 fully saturated rings. The molecule has 0 aromatic heterocycles. The monoisotopic (exact) mass is 405 g/mol. The fourth-order valence-corrected chi connectivity index (χ4v) is 5.03. The average molecular weight is 406 g/mol. The van der Waals surface area contributed by atoms with Gasteiger partial charge >= 0.3 is 5.97 Å². The molecule has 1 aliphatic carbocycles. The molecule has 1 saturated heterocycles. The van der Waals surface area contributed by atoms with Gasteiger partial charge < -0.3 is 10.0 Å². The molecule has 0 spiro atoms. The van der Waals surface area contributed by atoms with Crippen molar-refractivity contribution in [2.24, 2.45) is 5.92 Å². The molecule has 27 heavy (non-hydrogen) atoms. The van der Waals surface area contributed by atoms with Gasteiger partial charge in [-0.25, -0.2) is 4.79 Å². The number of rotatable bonds is 3. The van der Waals surface area contributed by atoms with Crippen molar-refractivity contribution in [1.82, 2.24) is 4.90 Å². The van der Waals surface area contributed by atoms with Crippen molar-refractivity contribution in [2.45, 2.75) is 32.1 Å². The lowest BCUT2D eigenvalue weighted by molar-refractivity contribution is 0.0697. The summed E-state index contributed by atoms with van der Waals surface area (Å²) in [6.07, 6.45) is 1.16. The van der Waals surface area contributed by atoms with Gasteiger partial charge in [-0.05, 0) is 72.8 Å². The number of benzene rings is 2. The zero-order chi connectivity index (χ0) is 18.4. The number of nitrogens with zero attached hydrogens (tertiary/aromatic N) is 1. The maximum Gasteiger partial charge on any atom is 0.335 e. The highest BCUT2D eigenvalue weighted by molar-refractivity contribution is 6.31. The molecule has 1 aliphatic heterocycles. The summed E-state index contributed by atoms with van der Waals surface area (Å²) in [6.45, 7) is 7.57. The van der Waals surface area contributed by atoms with Crippen LogP contribution < -0.4 is 0 Å². The Morgan fingerprint density at radius 1 is 1.22 bits per heavy atom. The molecule has 3 nitrogen and oxygen atoms in total. The lowest BCUT2D eigenvalue weighted by Crippen LogP contribution is -2.38. The van der Waals surface area contributed by atoms with E-state index in [1.165, 1.54) is 16.7 Å². The Balaban J connectivity index is 0.00000210. The van der Waals surface area contributed by atoms with Gasteiger partial charge in [0.1, 0.15) is 0 Å². The maximum absolute atomic E-state index is 11.2. The van der Waals surface area contributed by atoms with Gasteiger partial charge in [-0.15, -0.1) is 12.4 Å². The van der Waals surface area contributed by atoms with Crippen molar-refractivity contribution in [1.29, 1.82) is 0 Å². The van der Waals surface area contributed by atoms with E-state index in [0.717, 1.165) is 36.6 Å². The second-order valence-corrected chi connectivity index (χ2v) is 7.99. The number of carboxylic acid groups (broad SMARTS) is 1. The SMILES string of the molecule is CCN1CCC2C(C1)c1cc(Cl)c(C)cc1C2c1ccc(C(=O)O)cc1.Cl. The van der Waals surface area contributed by atoms with Crippen molar-refractivity contribution in [3.8, 4) is 0 Å². The molecule has 5 heteroatoms. The lowest BCUT2D eigenvalue weighted by atomic mass is 9.78. The normalized spacial score (nSPS) is 24.0. The van der Waals surface area contributed by atoms with Gasteiger partial charge in [-0.1, -0.05) is 36.7 Å². The van der Waals surface area contributed by atoms with Crippen LogP contribution in [0.15, 0.2) is 36.4 Å². The summed E-state index contributed by atoms with van der Waals surface area (Å²) in [6, 6.07) is 11.9. The highest BCUT2D eigenvalue weighted by atomic mass is 35.5. The van der Waals surface area contributed by atoms with Crippen molar-refractivity contribution < 1.29 is 9.90 Å². The third-order valence-corrected chi connectivity index (χ3v) is 6.65. The first-order valence-corrected chi connectivity index (χ1v) is 9.73. The van der Waals surface area contributed by atoms with Crippen molar-refractivity contribution in [2.75, 3.05) is 19.6 Å². The van der Waals surface area contributed by atoms with E-state index < -0.39 is 5.97 Å². The van der Waals surface area contributed by atoms with E-state index in [9.17, 15) is 9.90 Å². The van der Waals surface area contributed by atoms with Gasteiger partial charge in [-0.2, -0.15) is 0 Å². The molecule has 1 heterocycles. The molecule has 2 aliphatic rings. The van der Waals surface area contributed by atoms with E-state index in [4.69, 9.17) is 11.6 Å². The number of aryl methyl sites for hydroxylation is 1. The van der Waals surface area contributed by atoms with Gasteiger partial charge in [0.15, 0.2) is 0 Å². The Morgan fingerprint density at radius 3 is 2.56 bits per heavy atom. The molecule has 3 unspecified atom stereocenters. The first kappa shape index (κ1) is 20.2. The van der Waals surface area contributed by atoms with Crippen molar-refractivity contribution in [3.63, 3.8) is 0 Å². The molecule has 0 amide bonds. The van der Waals surface area contributed by atoms with Crippen LogP contribution in [-0.2, 0) is 0 Å². The Hall–Kier alpha value is -1.55. The third-order valence-electron chi connectivity index (χ3n) is 6.24. The molecular formula is C22H25Cl2NO2. The van der Waals surface area contributed by atoms with Crippen LogP contribution in [0.1, 0.15) is 57.8 Å². The standard InChI is InChI=1S/C22H24ClNO2.ClH/c1-3-24-9-8-16-19(12-24)17-11-20(23)13(2)10-18(17)21(16)14-4-6-15(7-5-14)22(25)26;/h4-7,10-11,16,19,21H,3,8-9,12H2,1-2H3,(H,25,26);1H. The molecule has 4 rings (SSSR count). The predicted molar refractivity (Wildman–Crippen MR) is 112 cm³/mol. The number of piperidine rings is 1. The Kier molecular flexibility index (Phi) is 5.85. The number of likely N-dealkylation sites (tertiary alicyclic amines) is 1. The van der Waals surface area contributed by atoms with Gasteiger partial charge in [0.25, 0.3) is 0 Å². The number of hydrogen-bond donors (Lipinski definition) is 1. The molecule has 0 bridgehead atoms. The number of hydrogen-bond acceptors (Lipinski definition) is 2. The zero-order valence-electron chi connectivity index (χ0n) is 15.6. The lowest BCUT2D eigenvalue weighted by Gasteiger charge is -2.37. The Labute approximate surface area is 171 Å². The minimum Gasteiger partial charge on any atom is -0.478 e. The number of halogens is 2. The number of likely N-dealkylation sites (N-methyl/N-ethyl adjacent to an activating group) is 1. The summed E-state index contributed by atoms with van der Waals surface area (Å²) >= 11 is 6.46. The van der Waals surface area contributed by atoms with E-state index in [1.807, 2.05) is 12.1 Å². The smallest absolute Gasteiger partial charge is 0.335 e. The van der Waals surface area contributed by atoms with Crippen LogP contribution in [0.4, 0.5) is 0 Å². The fourth-order valence-electron chi connectivity index (χ4n) is 4.85. The third kappa shape index (κ3) is 3.49. The average Bonchev–Trinajstić information content (AvgIpc) is 2.94. The number of carbonyl (C=O) groups is 1. The van der Waals surface area contributed by atoms with Crippen LogP contribution >= 0.6 is 24.0 Å². The van der Waals surface area contributed by atoms with Gasteiger partial charge in [0.2, 0.25) is 0 Å². The van der Waals surface area contributed by atoms with Crippen molar-refractivity contribution >= 4 is 30.0 Å². The molecular weight excluding hydrogens is 381 g/mol. The van der Waals surface area contributed by atoms with E-state index in [1.54, 1.807) is 12.1 Å². The van der Waals surface area contributed by atoms with E-state index in [0.29, 0.717) is 23.3 Å². The Morgan fingerprint density at radius 2 is 1.93 bits per heavy atom. The van der Waals surface area contributed by atoms with Crippen LogP contribution in [0.5, 0.6) is 0 Å². The van der Waals surface area contributed by atoms with Crippen molar-refractivity contribution in [3.05, 3.63) is 69.2 Å². The summed E-state index contributed by atoms with van der Waals surface area (Å²) in [5.74, 6) is 0.509. The van der Waals surface area contributed by atoms with Gasteiger partial charge in [-0.3, -0.25) is 0 Å². The minimum absolute atomic E-state index is 0. The maximum atomic E-state index is 11.2. The molecule has 2 aromatic rings.